The van der Waals surface area contributed by atoms with E-state index in [9.17, 15) is 0 Å². The molecule has 0 aliphatic heterocycles. The van der Waals surface area contributed by atoms with Crippen molar-refractivity contribution in [2.24, 2.45) is 5.92 Å². The number of ether oxygens (including phenoxy) is 1. The Kier molecular flexibility index (Phi) is 5.89. The molecule has 0 spiro atoms. The Hall–Kier alpha value is -0.500. The highest BCUT2D eigenvalue weighted by Crippen LogP contribution is 2.19. The van der Waals surface area contributed by atoms with Crippen molar-refractivity contribution < 1.29 is 4.74 Å². The number of halogens is 1. The Labute approximate surface area is 107 Å². The molecule has 1 nitrogen and oxygen atoms in total. The summed E-state index contributed by atoms with van der Waals surface area (Å²) in [5, 5.41) is 0. The topological polar surface area (TPSA) is 9.23 Å². The average Bonchev–Trinajstić information content (AvgIpc) is 2.28. The molecule has 1 aromatic carbocycles. The van der Waals surface area contributed by atoms with Crippen LogP contribution in [0.15, 0.2) is 24.3 Å². The number of benzene rings is 1. The first-order valence-corrected chi connectivity index (χ1v) is 6.91. The summed E-state index contributed by atoms with van der Waals surface area (Å²) in [6, 6.07) is 8.42. The lowest BCUT2D eigenvalue weighted by atomic mass is 10.0. The number of rotatable bonds is 6. The summed E-state index contributed by atoms with van der Waals surface area (Å²) < 4.78 is 5.42. The van der Waals surface area contributed by atoms with Gasteiger partial charge in [-0.05, 0) is 43.4 Å². The monoisotopic (exact) mass is 284 g/mol. The molecule has 2 heteroatoms. The van der Waals surface area contributed by atoms with Gasteiger partial charge in [0.15, 0.2) is 0 Å². The van der Waals surface area contributed by atoms with Crippen LogP contribution >= 0.6 is 15.9 Å². The summed E-state index contributed by atoms with van der Waals surface area (Å²) in [7, 11) is 0. The van der Waals surface area contributed by atoms with Crippen LogP contribution in [-0.2, 0) is 6.42 Å². The molecular weight excluding hydrogens is 264 g/mol. The van der Waals surface area contributed by atoms with Crippen molar-refractivity contribution in [1.29, 1.82) is 0 Å². The molecule has 0 bridgehead atoms. The second-order valence-corrected chi connectivity index (χ2v) is 5.55. The Morgan fingerprint density at radius 3 is 2.31 bits per heavy atom. The predicted molar refractivity (Wildman–Crippen MR) is 73.5 cm³/mol. The third kappa shape index (κ3) is 4.56. The first-order chi connectivity index (χ1) is 7.63. The van der Waals surface area contributed by atoms with Gasteiger partial charge in [0.05, 0.1) is 6.61 Å². The molecule has 0 aliphatic carbocycles. The molecule has 16 heavy (non-hydrogen) atoms. The van der Waals surface area contributed by atoms with E-state index in [4.69, 9.17) is 4.74 Å². The summed E-state index contributed by atoms with van der Waals surface area (Å²) in [6.45, 7) is 7.23. The van der Waals surface area contributed by atoms with Crippen molar-refractivity contribution in [1.82, 2.24) is 0 Å². The fourth-order valence-electron chi connectivity index (χ4n) is 1.56. The van der Waals surface area contributed by atoms with E-state index in [1.165, 1.54) is 12.0 Å². The van der Waals surface area contributed by atoms with Crippen molar-refractivity contribution in [2.75, 3.05) is 6.61 Å². The van der Waals surface area contributed by atoms with E-state index >= 15 is 0 Å². The number of aryl methyl sites for hydroxylation is 1. The maximum absolute atomic E-state index is 5.42. The van der Waals surface area contributed by atoms with E-state index in [1.807, 2.05) is 6.92 Å². The van der Waals surface area contributed by atoms with Crippen LogP contribution in [-0.4, -0.2) is 11.4 Å². The summed E-state index contributed by atoms with van der Waals surface area (Å²) in [6.07, 6.45) is 2.31. The zero-order chi connectivity index (χ0) is 12.0. The molecule has 90 valence electrons. The molecular formula is C14H21BrO. The van der Waals surface area contributed by atoms with Gasteiger partial charge in [-0.2, -0.15) is 0 Å². The van der Waals surface area contributed by atoms with Crippen LogP contribution in [0.5, 0.6) is 5.75 Å². The van der Waals surface area contributed by atoms with Gasteiger partial charge in [-0.1, -0.05) is 41.9 Å². The lowest BCUT2D eigenvalue weighted by Crippen LogP contribution is -2.08. The second kappa shape index (κ2) is 6.95. The molecule has 0 saturated carbocycles. The van der Waals surface area contributed by atoms with Gasteiger partial charge in [-0.15, -0.1) is 0 Å². The standard InChI is InChI=1S/C14H21BrO/c1-4-16-13-8-5-12(6-9-13)7-10-14(15)11(2)3/h5-6,8-9,11,14H,4,7,10H2,1-3H3. The predicted octanol–water partition coefficient (Wildman–Crippen LogP) is 4.44. The minimum atomic E-state index is 0.610. The molecule has 1 aromatic rings. The summed E-state index contributed by atoms with van der Waals surface area (Å²) >= 11 is 3.71. The lowest BCUT2D eigenvalue weighted by Gasteiger charge is -2.13. The molecule has 0 aromatic heterocycles. The van der Waals surface area contributed by atoms with Gasteiger partial charge in [-0.3, -0.25) is 0 Å². The third-order valence-corrected chi connectivity index (χ3v) is 4.18. The lowest BCUT2D eigenvalue weighted by molar-refractivity contribution is 0.340. The van der Waals surface area contributed by atoms with Crippen molar-refractivity contribution in [3.05, 3.63) is 29.8 Å². The van der Waals surface area contributed by atoms with Gasteiger partial charge in [0, 0.05) is 4.83 Å². The van der Waals surface area contributed by atoms with E-state index in [2.05, 4.69) is 54.0 Å². The molecule has 0 aliphatic rings. The Balaban J connectivity index is 2.43. The quantitative estimate of drug-likeness (QED) is 0.702. The van der Waals surface area contributed by atoms with Gasteiger partial charge in [0.2, 0.25) is 0 Å². The maximum Gasteiger partial charge on any atom is 0.119 e. The SMILES string of the molecule is CCOc1ccc(CCC(Br)C(C)C)cc1. The summed E-state index contributed by atoms with van der Waals surface area (Å²) in [5.41, 5.74) is 1.38. The average molecular weight is 285 g/mol. The van der Waals surface area contributed by atoms with Gasteiger partial charge < -0.3 is 4.74 Å². The molecule has 0 N–H and O–H groups in total. The number of alkyl halides is 1. The number of hydrogen-bond acceptors (Lipinski definition) is 1. The van der Waals surface area contributed by atoms with E-state index in [0.717, 1.165) is 18.8 Å². The highest BCUT2D eigenvalue weighted by atomic mass is 79.9. The largest absolute Gasteiger partial charge is 0.494 e. The molecule has 0 heterocycles. The highest BCUT2D eigenvalue weighted by molar-refractivity contribution is 9.09. The molecule has 1 unspecified atom stereocenters. The number of hydrogen-bond donors (Lipinski definition) is 0. The first-order valence-electron chi connectivity index (χ1n) is 5.99. The molecule has 0 fully saturated rings. The molecule has 1 rings (SSSR count). The van der Waals surface area contributed by atoms with Crippen LogP contribution < -0.4 is 4.74 Å². The minimum absolute atomic E-state index is 0.610. The van der Waals surface area contributed by atoms with Crippen LogP contribution in [0.4, 0.5) is 0 Å². The zero-order valence-corrected chi connectivity index (χ0v) is 12.0. The molecule has 0 amide bonds. The van der Waals surface area contributed by atoms with E-state index in [0.29, 0.717) is 10.7 Å². The molecule has 0 radical (unpaired) electrons. The Bertz CT molecular complexity index is 292. The summed E-state index contributed by atoms with van der Waals surface area (Å²) in [5.74, 6) is 1.66. The maximum atomic E-state index is 5.42. The molecule has 0 saturated heterocycles. The first kappa shape index (κ1) is 13.6. The van der Waals surface area contributed by atoms with Crippen molar-refractivity contribution in [3.63, 3.8) is 0 Å². The third-order valence-electron chi connectivity index (χ3n) is 2.67. The minimum Gasteiger partial charge on any atom is -0.494 e. The van der Waals surface area contributed by atoms with Gasteiger partial charge >= 0.3 is 0 Å². The van der Waals surface area contributed by atoms with Crippen LogP contribution in [0, 0.1) is 5.92 Å². The van der Waals surface area contributed by atoms with Gasteiger partial charge in [0.25, 0.3) is 0 Å². The van der Waals surface area contributed by atoms with Crippen LogP contribution in [0.3, 0.4) is 0 Å². The fraction of sp³-hybridized carbons (Fsp3) is 0.571. The van der Waals surface area contributed by atoms with E-state index < -0.39 is 0 Å². The van der Waals surface area contributed by atoms with Crippen molar-refractivity contribution in [2.45, 2.75) is 38.4 Å². The highest BCUT2D eigenvalue weighted by Gasteiger charge is 2.08. The van der Waals surface area contributed by atoms with Crippen LogP contribution in [0.2, 0.25) is 0 Å². The van der Waals surface area contributed by atoms with Crippen LogP contribution in [0.25, 0.3) is 0 Å². The normalized spacial score (nSPS) is 12.8. The van der Waals surface area contributed by atoms with Crippen molar-refractivity contribution >= 4 is 15.9 Å². The molecule has 1 atom stereocenters. The van der Waals surface area contributed by atoms with Crippen LogP contribution in [0.1, 0.15) is 32.8 Å². The Morgan fingerprint density at radius 1 is 1.19 bits per heavy atom. The second-order valence-electron chi connectivity index (χ2n) is 4.38. The summed E-state index contributed by atoms with van der Waals surface area (Å²) in [4.78, 5) is 0.610. The van der Waals surface area contributed by atoms with E-state index in [-0.39, 0.29) is 0 Å². The smallest absolute Gasteiger partial charge is 0.119 e. The van der Waals surface area contributed by atoms with Crippen molar-refractivity contribution in [3.8, 4) is 5.75 Å². The van der Waals surface area contributed by atoms with Gasteiger partial charge in [-0.25, -0.2) is 0 Å². The van der Waals surface area contributed by atoms with Gasteiger partial charge in [0.1, 0.15) is 5.75 Å². The fourth-order valence-corrected chi connectivity index (χ4v) is 1.79. The Morgan fingerprint density at radius 2 is 1.81 bits per heavy atom. The van der Waals surface area contributed by atoms with E-state index in [1.54, 1.807) is 0 Å². The zero-order valence-electron chi connectivity index (χ0n) is 10.4.